The van der Waals surface area contributed by atoms with E-state index < -0.39 is 46.8 Å². The van der Waals surface area contributed by atoms with Gasteiger partial charge in [-0.05, 0) is 38.1 Å². The monoisotopic (exact) mass is 438 g/mol. The summed E-state index contributed by atoms with van der Waals surface area (Å²) in [6, 6.07) is 12.6. The predicted molar refractivity (Wildman–Crippen MR) is 117 cm³/mol. The molecule has 0 aliphatic heterocycles. The highest BCUT2D eigenvalue weighted by molar-refractivity contribution is 5.85. The molecule has 0 fully saturated rings. The number of rotatable bonds is 5. The van der Waals surface area contributed by atoms with E-state index in [0.717, 1.165) is 0 Å². The van der Waals surface area contributed by atoms with Crippen molar-refractivity contribution >= 4 is 21.9 Å². The van der Waals surface area contributed by atoms with Gasteiger partial charge in [-0.15, -0.1) is 0 Å². The van der Waals surface area contributed by atoms with Crippen molar-refractivity contribution in [1.82, 2.24) is 0 Å². The minimum atomic E-state index is -1.32. The van der Waals surface area contributed by atoms with Crippen LogP contribution in [0.5, 0.6) is 11.5 Å². The molecule has 2 aromatic carbocycles. The Morgan fingerprint density at radius 1 is 0.656 bits per heavy atom. The molecule has 4 aromatic rings. The minimum Gasteiger partial charge on any atom is -0.507 e. The highest BCUT2D eigenvalue weighted by atomic mass is 16.4. The van der Waals surface area contributed by atoms with E-state index >= 15 is 0 Å². The molecule has 0 spiro atoms. The molecule has 0 saturated heterocycles. The Labute approximate surface area is 181 Å². The molecule has 4 N–H and O–H groups in total. The Kier molecular flexibility index (Phi) is 5.50. The van der Waals surface area contributed by atoms with Crippen LogP contribution in [0.2, 0.25) is 0 Å². The molecule has 0 bridgehead atoms. The summed E-state index contributed by atoms with van der Waals surface area (Å²) in [5.41, 5.74) is -2.19. The lowest BCUT2D eigenvalue weighted by Crippen LogP contribution is -2.35. The number of hydrogen-bond donors (Lipinski definition) is 4. The smallest absolute Gasteiger partial charge is 0.343 e. The van der Waals surface area contributed by atoms with E-state index in [1.54, 1.807) is 24.3 Å². The number of aromatic hydroxyl groups is 2. The van der Waals surface area contributed by atoms with Gasteiger partial charge in [0.25, 0.3) is 0 Å². The zero-order valence-electron chi connectivity index (χ0n) is 17.4. The van der Waals surface area contributed by atoms with Gasteiger partial charge in [-0.3, -0.25) is 0 Å². The van der Waals surface area contributed by atoms with E-state index in [0.29, 0.717) is 0 Å². The molecule has 0 amide bonds. The molecule has 4 atom stereocenters. The Morgan fingerprint density at radius 3 is 1.34 bits per heavy atom. The molecule has 0 aliphatic rings. The molecule has 0 saturated carbocycles. The summed E-state index contributed by atoms with van der Waals surface area (Å²) in [5.74, 6) is -3.47. The second-order valence-corrected chi connectivity index (χ2v) is 7.83. The topological polar surface area (TPSA) is 141 Å². The number of hydrogen-bond acceptors (Lipinski definition) is 8. The molecule has 4 unspecified atom stereocenters. The van der Waals surface area contributed by atoms with Gasteiger partial charge in [0.05, 0.1) is 34.1 Å². The summed E-state index contributed by atoms with van der Waals surface area (Å²) in [6.45, 7) is 2.71. The van der Waals surface area contributed by atoms with Crippen LogP contribution in [-0.4, -0.2) is 32.6 Å². The van der Waals surface area contributed by atoms with E-state index in [2.05, 4.69) is 0 Å². The summed E-state index contributed by atoms with van der Waals surface area (Å²) in [6.07, 6.45) is -2.65. The molecule has 2 heterocycles. The Bertz CT molecular complexity index is 1300. The molecule has 0 radical (unpaired) electrons. The Hall–Kier alpha value is -3.62. The quantitative estimate of drug-likeness (QED) is 0.349. The van der Waals surface area contributed by atoms with Gasteiger partial charge in [0, 0.05) is 11.8 Å². The lowest BCUT2D eigenvalue weighted by atomic mass is 9.75. The zero-order valence-corrected chi connectivity index (χ0v) is 17.4. The molecule has 166 valence electrons. The normalized spacial score (nSPS) is 15.5. The van der Waals surface area contributed by atoms with Crippen LogP contribution in [0, 0.1) is 0 Å². The van der Waals surface area contributed by atoms with Crippen molar-refractivity contribution in [3.05, 3.63) is 80.5 Å². The van der Waals surface area contributed by atoms with Gasteiger partial charge >= 0.3 is 11.3 Å². The Morgan fingerprint density at radius 2 is 1.00 bits per heavy atom. The lowest BCUT2D eigenvalue weighted by Gasteiger charge is -2.31. The lowest BCUT2D eigenvalue weighted by molar-refractivity contribution is 0.0860. The molecule has 32 heavy (non-hydrogen) atoms. The van der Waals surface area contributed by atoms with Crippen LogP contribution >= 0.6 is 0 Å². The van der Waals surface area contributed by atoms with E-state index in [1.165, 1.54) is 38.1 Å². The van der Waals surface area contributed by atoms with E-state index in [4.69, 9.17) is 8.83 Å². The van der Waals surface area contributed by atoms with Crippen LogP contribution in [0.3, 0.4) is 0 Å². The van der Waals surface area contributed by atoms with Gasteiger partial charge in [-0.1, -0.05) is 24.3 Å². The largest absolute Gasteiger partial charge is 0.507 e. The second-order valence-electron chi connectivity index (χ2n) is 7.83. The van der Waals surface area contributed by atoms with Gasteiger partial charge < -0.3 is 29.3 Å². The van der Waals surface area contributed by atoms with Crippen LogP contribution in [0.4, 0.5) is 0 Å². The first kappa shape index (κ1) is 21.6. The molecule has 4 rings (SSSR count). The van der Waals surface area contributed by atoms with Crippen molar-refractivity contribution in [2.75, 3.05) is 0 Å². The fourth-order valence-electron chi connectivity index (χ4n) is 4.33. The highest BCUT2D eigenvalue weighted by Gasteiger charge is 2.40. The van der Waals surface area contributed by atoms with Crippen molar-refractivity contribution in [1.29, 1.82) is 0 Å². The standard InChI is InChI=1S/C24H22O8/c1-11(25)17(19-21(27)13-7-3-5-9-15(13)31-23(19)29)18(12(2)26)20-22(28)14-8-4-6-10-16(14)32-24(20)30/h3-12,17-18,25-28H,1-2H3. The molecule has 0 aliphatic carbocycles. The average molecular weight is 438 g/mol. The van der Waals surface area contributed by atoms with Crippen molar-refractivity contribution in [3.8, 4) is 11.5 Å². The first-order valence-electron chi connectivity index (χ1n) is 10.1. The fourth-order valence-corrected chi connectivity index (χ4v) is 4.33. The van der Waals surface area contributed by atoms with Crippen LogP contribution in [0.1, 0.15) is 36.8 Å². The average Bonchev–Trinajstić information content (AvgIpc) is 2.74. The van der Waals surface area contributed by atoms with Gasteiger partial charge in [-0.25, -0.2) is 9.59 Å². The maximum Gasteiger partial charge on any atom is 0.343 e. The fraction of sp³-hybridized carbons (Fsp3) is 0.250. The van der Waals surface area contributed by atoms with Crippen molar-refractivity contribution in [3.63, 3.8) is 0 Å². The first-order chi connectivity index (χ1) is 15.2. The van der Waals surface area contributed by atoms with Crippen LogP contribution in [0.15, 0.2) is 67.0 Å². The predicted octanol–water partition coefficient (Wildman–Crippen LogP) is 2.94. The van der Waals surface area contributed by atoms with Crippen LogP contribution < -0.4 is 11.3 Å². The number of aliphatic hydroxyl groups excluding tert-OH is 2. The summed E-state index contributed by atoms with van der Waals surface area (Å²) < 4.78 is 10.7. The number of aliphatic hydroxyl groups is 2. The SMILES string of the molecule is CC(O)C(c1c(O)c2ccccc2oc1=O)C(c1c(O)c2ccccc2oc1=O)C(C)O. The van der Waals surface area contributed by atoms with E-state index in [1.807, 2.05) is 0 Å². The Balaban J connectivity index is 2.04. The molecule has 2 aromatic heterocycles. The van der Waals surface area contributed by atoms with Crippen molar-refractivity contribution in [2.45, 2.75) is 37.9 Å². The maximum atomic E-state index is 12.9. The molecular formula is C24H22O8. The summed E-state index contributed by atoms with van der Waals surface area (Å²) in [7, 11) is 0. The van der Waals surface area contributed by atoms with E-state index in [9.17, 15) is 30.0 Å². The molecule has 8 nitrogen and oxygen atoms in total. The third kappa shape index (κ3) is 3.43. The molecule has 8 heteroatoms. The number of fused-ring (bicyclic) bond motifs is 2. The third-order valence-electron chi connectivity index (χ3n) is 5.73. The second kappa shape index (κ2) is 8.14. The van der Waals surface area contributed by atoms with Crippen LogP contribution in [-0.2, 0) is 0 Å². The van der Waals surface area contributed by atoms with Gasteiger partial charge in [0.1, 0.15) is 22.7 Å². The zero-order chi connectivity index (χ0) is 23.2. The summed E-state index contributed by atoms with van der Waals surface area (Å²) in [4.78, 5) is 25.7. The van der Waals surface area contributed by atoms with Gasteiger partial charge in [0.2, 0.25) is 0 Å². The van der Waals surface area contributed by atoms with E-state index in [-0.39, 0.29) is 33.1 Å². The first-order valence-corrected chi connectivity index (χ1v) is 10.1. The molecular weight excluding hydrogens is 416 g/mol. The summed E-state index contributed by atoms with van der Waals surface area (Å²) in [5, 5.41) is 43.6. The van der Waals surface area contributed by atoms with Gasteiger partial charge in [0.15, 0.2) is 0 Å². The number of para-hydroxylation sites is 2. The van der Waals surface area contributed by atoms with Crippen molar-refractivity contribution in [2.24, 2.45) is 0 Å². The maximum absolute atomic E-state index is 12.9. The van der Waals surface area contributed by atoms with Crippen LogP contribution in [0.25, 0.3) is 21.9 Å². The third-order valence-corrected chi connectivity index (χ3v) is 5.73. The van der Waals surface area contributed by atoms with Crippen molar-refractivity contribution < 1.29 is 29.3 Å². The minimum absolute atomic E-state index is 0.143. The summed E-state index contributed by atoms with van der Waals surface area (Å²) >= 11 is 0. The number of benzene rings is 2. The highest BCUT2D eigenvalue weighted by Crippen LogP contribution is 2.44. The van der Waals surface area contributed by atoms with Gasteiger partial charge in [-0.2, -0.15) is 0 Å².